The monoisotopic (exact) mass is 439 g/mol. The molecule has 0 saturated heterocycles. The Morgan fingerprint density at radius 1 is 0.875 bits per heavy atom. The molecule has 0 spiro atoms. The molecule has 0 fully saturated rings. The molecule has 1 aromatic carbocycles. The standard InChI is InChI=1S/C29H45NO2/c1-26(2,3)17-14-18(24(31)20(15-17)28(7,8)9)23(30-13)22-19(27(4,5)6)16-21(25(22)32)29(10,11)12/h14-15,21,31H,16H2,1-13H3. The van der Waals surface area contributed by atoms with Crippen LogP contribution < -0.4 is 0 Å². The van der Waals surface area contributed by atoms with Gasteiger partial charge >= 0.3 is 0 Å². The summed E-state index contributed by atoms with van der Waals surface area (Å²) in [5.41, 5.74) is 4.52. The number of phenols is 1. The Kier molecular flexibility index (Phi) is 6.71. The van der Waals surface area contributed by atoms with E-state index in [9.17, 15) is 9.90 Å². The van der Waals surface area contributed by atoms with Crippen molar-refractivity contribution in [2.75, 3.05) is 7.05 Å². The maximum atomic E-state index is 13.8. The Hall–Kier alpha value is -1.90. The van der Waals surface area contributed by atoms with Crippen LogP contribution in [-0.2, 0) is 15.6 Å². The van der Waals surface area contributed by atoms with Crippen LogP contribution in [0.1, 0.15) is 106 Å². The van der Waals surface area contributed by atoms with Crippen LogP contribution in [0.2, 0.25) is 0 Å². The summed E-state index contributed by atoms with van der Waals surface area (Å²) in [5, 5.41) is 11.5. The zero-order valence-electron chi connectivity index (χ0n) is 22.7. The van der Waals surface area contributed by atoms with Gasteiger partial charge in [0.1, 0.15) is 5.75 Å². The van der Waals surface area contributed by atoms with Crippen LogP contribution in [0.4, 0.5) is 0 Å². The van der Waals surface area contributed by atoms with Crippen LogP contribution in [0.15, 0.2) is 28.3 Å². The van der Waals surface area contributed by atoms with Crippen molar-refractivity contribution in [1.29, 1.82) is 0 Å². The van der Waals surface area contributed by atoms with E-state index in [1.54, 1.807) is 7.05 Å². The number of carbonyl (C=O) groups is 1. The van der Waals surface area contributed by atoms with Gasteiger partial charge in [-0.25, -0.2) is 0 Å². The number of carbonyl (C=O) groups excluding carboxylic acids is 1. The third-order valence-electron chi connectivity index (χ3n) is 6.72. The SMILES string of the molecule is CN=C(C1=C(C(C)(C)C)CC(C(C)(C)C)C1=O)c1cc(C(C)(C)C)cc(C(C)(C)C)c1O. The molecule has 1 aromatic rings. The lowest BCUT2D eigenvalue weighted by molar-refractivity contribution is -0.120. The lowest BCUT2D eigenvalue weighted by Crippen LogP contribution is -2.28. The topological polar surface area (TPSA) is 49.7 Å². The highest BCUT2D eigenvalue weighted by Gasteiger charge is 2.45. The fourth-order valence-electron chi connectivity index (χ4n) is 4.55. The van der Waals surface area contributed by atoms with Gasteiger partial charge in [-0.2, -0.15) is 0 Å². The lowest BCUT2D eigenvalue weighted by Gasteiger charge is -2.28. The fourth-order valence-corrected chi connectivity index (χ4v) is 4.55. The van der Waals surface area contributed by atoms with Crippen molar-refractivity contribution in [3.05, 3.63) is 40.0 Å². The molecule has 0 aromatic heterocycles. The van der Waals surface area contributed by atoms with Gasteiger partial charge in [0.25, 0.3) is 0 Å². The number of aromatic hydroxyl groups is 1. The van der Waals surface area contributed by atoms with Crippen LogP contribution in [0.5, 0.6) is 5.75 Å². The molecular weight excluding hydrogens is 394 g/mol. The molecule has 1 atom stereocenters. The van der Waals surface area contributed by atoms with E-state index < -0.39 is 0 Å². The zero-order chi connectivity index (χ0) is 25.0. The minimum atomic E-state index is -0.242. The Bertz CT molecular complexity index is 965. The van der Waals surface area contributed by atoms with Crippen molar-refractivity contribution in [3.63, 3.8) is 0 Å². The van der Waals surface area contributed by atoms with Crippen molar-refractivity contribution >= 4 is 11.5 Å². The van der Waals surface area contributed by atoms with Crippen molar-refractivity contribution in [3.8, 4) is 5.75 Å². The van der Waals surface area contributed by atoms with Gasteiger partial charge in [0, 0.05) is 29.7 Å². The molecular formula is C29H45NO2. The molecule has 1 unspecified atom stereocenters. The first-order valence-corrected chi connectivity index (χ1v) is 11.8. The molecule has 0 bridgehead atoms. The molecule has 1 N–H and O–H groups in total. The molecule has 2 rings (SSSR count). The second-order valence-electron chi connectivity index (χ2n) is 13.6. The minimum Gasteiger partial charge on any atom is -0.507 e. The fraction of sp³-hybridized carbons (Fsp3) is 0.655. The predicted octanol–water partition coefficient (Wildman–Crippen LogP) is 7.38. The number of rotatable bonds is 2. The summed E-state index contributed by atoms with van der Waals surface area (Å²) in [7, 11) is 1.74. The second-order valence-corrected chi connectivity index (χ2v) is 13.6. The van der Waals surface area contributed by atoms with Gasteiger partial charge in [-0.3, -0.25) is 9.79 Å². The highest BCUT2D eigenvalue weighted by Crippen LogP contribution is 2.48. The van der Waals surface area contributed by atoms with Crippen LogP contribution >= 0.6 is 0 Å². The van der Waals surface area contributed by atoms with Gasteiger partial charge < -0.3 is 5.11 Å². The number of benzene rings is 1. The number of nitrogens with zero attached hydrogens (tertiary/aromatic N) is 1. The number of hydrogen-bond acceptors (Lipinski definition) is 3. The highest BCUT2D eigenvalue weighted by molar-refractivity contribution is 6.31. The van der Waals surface area contributed by atoms with E-state index in [4.69, 9.17) is 0 Å². The molecule has 0 heterocycles. The maximum absolute atomic E-state index is 13.8. The first-order chi connectivity index (χ1) is 14.2. The number of ketones is 1. The van der Waals surface area contributed by atoms with Crippen molar-refractivity contribution in [2.24, 2.45) is 21.7 Å². The van der Waals surface area contributed by atoms with Gasteiger partial charge in [-0.05, 0) is 39.7 Å². The van der Waals surface area contributed by atoms with E-state index in [2.05, 4.69) is 94.1 Å². The number of Topliss-reactive ketones (excluding diaryl/α,β-unsaturated/α-hetero) is 1. The van der Waals surface area contributed by atoms with E-state index in [0.29, 0.717) is 16.8 Å². The molecule has 0 aliphatic heterocycles. The summed E-state index contributed by atoms with van der Waals surface area (Å²) >= 11 is 0. The summed E-state index contributed by atoms with van der Waals surface area (Å²) in [4.78, 5) is 18.5. The van der Waals surface area contributed by atoms with Crippen LogP contribution in [0.25, 0.3) is 0 Å². The van der Waals surface area contributed by atoms with E-state index >= 15 is 0 Å². The van der Waals surface area contributed by atoms with Gasteiger partial charge in [0.2, 0.25) is 0 Å². The lowest BCUT2D eigenvalue weighted by atomic mass is 9.76. The number of allylic oxidation sites excluding steroid dienone is 2. The Balaban J connectivity index is 2.90. The highest BCUT2D eigenvalue weighted by atomic mass is 16.3. The number of aliphatic imine (C=N–C) groups is 1. The van der Waals surface area contributed by atoms with E-state index in [-0.39, 0.29) is 39.1 Å². The van der Waals surface area contributed by atoms with Crippen LogP contribution in [-0.4, -0.2) is 23.6 Å². The normalized spacial score (nSPS) is 19.2. The van der Waals surface area contributed by atoms with Gasteiger partial charge in [0.05, 0.1) is 5.71 Å². The van der Waals surface area contributed by atoms with E-state index in [1.165, 1.54) is 0 Å². The average molecular weight is 440 g/mol. The molecule has 1 aliphatic rings. The summed E-state index contributed by atoms with van der Waals surface area (Å²) in [6.07, 6.45) is 0.742. The molecule has 0 radical (unpaired) electrons. The number of hydrogen-bond donors (Lipinski definition) is 1. The van der Waals surface area contributed by atoms with E-state index in [1.807, 2.05) is 6.07 Å². The molecule has 178 valence electrons. The maximum Gasteiger partial charge on any atom is 0.168 e. The third kappa shape index (κ3) is 5.02. The Morgan fingerprint density at radius 2 is 1.41 bits per heavy atom. The van der Waals surface area contributed by atoms with Crippen molar-refractivity contribution < 1.29 is 9.90 Å². The summed E-state index contributed by atoms with van der Waals surface area (Å²) in [6.45, 7) is 25.8. The molecule has 0 amide bonds. The smallest absolute Gasteiger partial charge is 0.168 e. The number of phenolic OH excluding ortho intramolecular Hbond substituents is 1. The summed E-state index contributed by atoms with van der Waals surface area (Å²) in [6, 6.07) is 4.15. The molecule has 3 heteroatoms. The molecule has 0 saturated carbocycles. The predicted molar refractivity (Wildman–Crippen MR) is 137 cm³/mol. The van der Waals surface area contributed by atoms with E-state index in [0.717, 1.165) is 23.1 Å². The van der Waals surface area contributed by atoms with Gasteiger partial charge in [-0.15, -0.1) is 0 Å². The van der Waals surface area contributed by atoms with Gasteiger partial charge in [0.15, 0.2) is 5.78 Å². The van der Waals surface area contributed by atoms with Crippen molar-refractivity contribution in [2.45, 2.75) is 100 Å². The van der Waals surface area contributed by atoms with Crippen molar-refractivity contribution in [1.82, 2.24) is 0 Å². The third-order valence-corrected chi connectivity index (χ3v) is 6.72. The molecule has 1 aliphatic carbocycles. The van der Waals surface area contributed by atoms with Gasteiger partial charge in [-0.1, -0.05) is 94.7 Å². The second kappa shape index (κ2) is 8.15. The summed E-state index contributed by atoms with van der Waals surface area (Å²) < 4.78 is 0. The average Bonchev–Trinajstić information content (AvgIpc) is 2.92. The molecule has 3 nitrogen and oxygen atoms in total. The zero-order valence-corrected chi connectivity index (χ0v) is 22.7. The van der Waals surface area contributed by atoms with Crippen LogP contribution in [0.3, 0.4) is 0 Å². The van der Waals surface area contributed by atoms with Crippen LogP contribution in [0, 0.1) is 16.7 Å². The first kappa shape index (κ1) is 26.4. The quantitative estimate of drug-likeness (QED) is 0.489. The Morgan fingerprint density at radius 3 is 1.78 bits per heavy atom. The Labute approximate surface area is 196 Å². The largest absolute Gasteiger partial charge is 0.507 e. The molecule has 32 heavy (non-hydrogen) atoms. The summed E-state index contributed by atoms with van der Waals surface area (Å²) in [5.74, 6) is 0.304. The first-order valence-electron chi connectivity index (χ1n) is 11.8. The minimum absolute atomic E-state index is 0.0847.